The number of carbonyl (C=O) groups excluding carboxylic acids is 2. The summed E-state index contributed by atoms with van der Waals surface area (Å²) in [7, 11) is 0. The Morgan fingerprint density at radius 1 is 1.18 bits per heavy atom. The second-order valence-corrected chi connectivity index (χ2v) is 5.04. The number of hydrogen-bond donors (Lipinski definition) is 2. The molecular formula is C17H13N3O2. The van der Waals surface area contributed by atoms with Gasteiger partial charge >= 0.3 is 0 Å². The second kappa shape index (κ2) is 5.70. The normalized spacial score (nSPS) is 16.1. The molecule has 0 aromatic heterocycles. The van der Waals surface area contributed by atoms with E-state index in [1.54, 1.807) is 30.3 Å². The summed E-state index contributed by atoms with van der Waals surface area (Å²) in [5.41, 5.74) is 2.30. The monoisotopic (exact) mass is 291 g/mol. The molecule has 2 amide bonds. The van der Waals surface area contributed by atoms with Crippen molar-refractivity contribution in [1.29, 1.82) is 5.26 Å². The van der Waals surface area contributed by atoms with Gasteiger partial charge in [0.25, 0.3) is 0 Å². The Morgan fingerprint density at radius 3 is 2.73 bits per heavy atom. The molecular weight excluding hydrogens is 278 g/mol. The van der Waals surface area contributed by atoms with E-state index in [1.807, 2.05) is 24.3 Å². The standard InChI is InChI=1S/C17H13N3O2/c18-10-11-5-1-3-7-14(11)20-17(22)13-9-16(21)19-15-8-4-2-6-12(13)15/h1-8,13H,9H2,(H,19,21)(H,20,22). The van der Waals surface area contributed by atoms with Gasteiger partial charge in [-0.05, 0) is 23.8 Å². The molecule has 0 bridgehead atoms. The van der Waals surface area contributed by atoms with Crippen LogP contribution in [0.5, 0.6) is 0 Å². The zero-order valence-corrected chi connectivity index (χ0v) is 11.7. The van der Waals surface area contributed by atoms with Crippen molar-refractivity contribution in [2.45, 2.75) is 12.3 Å². The van der Waals surface area contributed by atoms with Crippen LogP contribution in [0.3, 0.4) is 0 Å². The van der Waals surface area contributed by atoms with Crippen molar-refractivity contribution in [1.82, 2.24) is 0 Å². The van der Waals surface area contributed by atoms with Crippen LogP contribution >= 0.6 is 0 Å². The average Bonchev–Trinajstić information content (AvgIpc) is 2.54. The van der Waals surface area contributed by atoms with Gasteiger partial charge in [0.1, 0.15) is 6.07 Å². The number of carbonyl (C=O) groups is 2. The summed E-state index contributed by atoms with van der Waals surface area (Å²) in [6.07, 6.45) is 0.0948. The lowest BCUT2D eigenvalue weighted by molar-refractivity contribution is -0.123. The van der Waals surface area contributed by atoms with Gasteiger partial charge in [-0.15, -0.1) is 0 Å². The molecule has 5 nitrogen and oxygen atoms in total. The van der Waals surface area contributed by atoms with E-state index in [0.717, 1.165) is 5.56 Å². The average molecular weight is 291 g/mol. The molecule has 5 heteroatoms. The van der Waals surface area contributed by atoms with E-state index in [2.05, 4.69) is 10.6 Å². The maximum atomic E-state index is 12.5. The van der Waals surface area contributed by atoms with E-state index < -0.39 is 5.92 Å². The topological polar surface area (TPSA) is 82.0 Å². The number of nitriles is 1. The molecule has 108 valence electrons. The number of nitrogens with zero attached hydrogens (tertiary/aromatic N) is 1. The van der Waals surface area contributed by atoms with Crippen LogP contribution in [0.1, 0.15) is 23.5 Å². The molecule has 0 saturated heterocycles. The smallest absolute Gasteiger partial charge is 0.232 e. The lowest BCUT2D eigenvalue weighted by Gasteiger charge is -2.24. The van der Waals surface area contributed by atoms with Crippen molar-refractivity contribution >= 4 is 23.2 Å². The molecule has 1 unspecified atom stereocenters. The zero-order chi connectivity index (χ0) is 15.5. The Morgan fingerprint density at radius 2 is 1.91 bits per heavy atom. The van der Waals surface area contributed by atoms with Crippen molar-refractivity contribution < 1.29 is 9.59 Å². The molecule has 2 aromatic carbocycles. The summed E-state index contributed by atoms with van der Waals surface area (Å²) >= 11 is 0. The van der Waals surface area contributed by atoms with E-state index >= 15 is 0 Å². The first-order valence-electron chi connectivity index (χ1n) is 6.88. The number of benzene rings is 2. The Balaban J connectivity index is 1.90. The van der Waals surface area contributed by atoms with Crippen LogP contribution in [-0.4, -0.2) is 11.8 Å². The maximum absolute atomic E-state index is 12.5. The Kier molecular flexibility index (Phi) is 3.58. The van der Waals surface area contributed by atoms with Gasteiger partial charge in [-0.2, -0.15) is 5.26 Å². The third-order valence-electron chi connectivity index (χ3n) is 3.62. The van der Waals surface area contributed by atoms with Gasteiger partial charge in [0.15, 0.2) is 0 Å². The van der Waals surface area contributed by atoms with E-state index in [-0.39, 0.29) is 18.2 Å². The van der Waals surface area contributed by atoms with Crippen LogP contribution < -0.4 is 10.6 Å². The van der Waals surface area contributed by atoms with Gasteiger partial charge in [0.05, 0.1) is 17.2 Å². The molecule has 3 rings (SSSR count). The lowest BCUT2D eigenvalue weighted by atomic mass is 9.89. The predicted molar refractivity (Wildman–Crippen MR) is 82.2 cm³/mol. The zero-order valence-electron chi connectivity index (χ0n) is 11.7. The summed E-state index contributed by atoms with van der Waals surface area (Å²) in [5.74, 6) is -1.03. The number of para-hydroxylation sites is 2. The van der Waals surface area contributed by atoms with E-state index in [9.17, 15) is 9.59 Å². The third kappa shape index (κ3) is 2.54. The molecule has 0 spiro atoms. The van der Waals surface area contributed by atoms with Crippen molar-refractivity contribution in [3.8, 4) is 6.07 Å². The van der Waals surface area contributed by atoms with Crippen LogP contribution in [0.2, 0.25) is 0 Å². The summed E-state index contributed by atoms with van der Waals surface area (Å²) in [5, 5.41) is 14.6. The molecule has 1 aliphatic heterocycles. The van der Waals surface area contributed by atoms with E-state index in [4.69, 9.17) is 5.26 Å². The number of anilines is 2. The number of hydrogen-bond acceptors (Lipinski definition) is 3. The van der Waals surface area contributed by atoms with Gasteiger partial charge in [-0.25, -0.2) is 0 Å². The lowest BCUT2D eigenvalue weighted by Crippen LogP contribution is -2.30. The minimum absolute atomic E-state index is 0.0948. The maximum Gasteiger partial charge on any atom is 0.232 e. The molecule has 0 saturated carbocycles. The quantitative estimate of drug-likeness (QED) is 0.892. The molecule has 2 aromatic rings. The summed E-state index contributed by atoms with van der Waals surface area (Å²) < 4.78 is 0. The first kappa shape index (κ1) is 13.8. The first-order chi connectivity index (χ1) is 10.7. The summed E-state index contributed by atoms with van der Waals surface area (Å²) in [6, 6.07) is 16.1. The molecule has 22 heavy (non-hydrogen) atoms. The van der Waals surface area contributed by atoms with Crippen LogP contribution in [0.4, 0.5) is 11.4 Å². The fourth-order valence-electron chi connectivity index (χ4n) is 2.55. The highest BCUT2D eigenvalue weighted by Crippen LogP contribution is 2.33. The number of amides is 2. The Labute approximate surface area is 127 Å². The molecule has 0 radical (unpaired) electrons. The van der Waals surface area contributed by atoms with Gasteiger partial charge < -0.3 is 10.6 Å². The molecule has 0 aliphatic carbocycles. The highest BCUT2D eigenvalue weighted by molar-refractivity contribution is 6.05. The van der Waals surface area contributed by atoms with Gasteiger partial charge in [0, 0.05) is 12.1 Å². The fourth-order valence-corrected chi connectivity index (χ4v) is 2.55. The van der Waals surface area contributed by atoms with Crippen molar-refractivity contribution in [3.05, 3.63) is 59.7 Å². The van der Waals surface area contributed by atoms with Gasteiger partial charge in [-0.1, -0.05) is 30.3 Å². The number of nitrogens with one attached hydrogen (secondary N) is 2. The fraction of sp³-hybridized carbons (Fsp3) is 0.118. The molecule has 2 N–H and O–H groups in total. The summed E-state index contributed by atoms with van der Waals surface area (Å²) in [6.45, 7) is 0. The molecule has 0 fully saturated rings. The predicted octanol–water partition coefficient (Wildman–Crippen LogP) is 2.62. The third-order valence-corrected chi connectivity index (χ3v) is 3.62. The molecule has 1 heterocycles. The van der Waals surface area contributed by atoms with Crippen LogP contribution in [0.15, 0.2) is 48.5 Å². The van der Waals surface area contributed by atoms with E-state index in [1.165, 1.54) is 0 Å². The summed E-state index contributed by atoms with van der Waals surface area (Å²) in [4.78, 5) is 24.3. The molecule has 1 aliphatic rings. The first-order valence-corrected chi connectivity index (χ1v) is 6.88. The van der Waals surface area contributed by atoms with Crippen molar-refractivity contribution in [2.75, 3.05) is 10.6 Å². The largest absolute Gasteiger partial charge is 0.326 e. The molecule has 1 atom stereocenters. The van der Waals surface area contributed by atoms with Crippen LogP contribution in [-0.2, 0) is 9.59 Å². The number of fused-ring (bicyclic) bond motifs is 1. The van der Waals surface area contributed by atoms with Gasteiger partial charge in [0.2, 0.25) is 11.8 Å². The second-order valence-electron chi connectivity index (χ2n) is 5.04. The van der Waals surface area contributed by atoms with Crippen LogP contribution in [0, 0.1) is 11.3 Å². The van der Waals surface area contributed by atoms with Gasteiger partial charge in [-0.3, -0.25) is 9.59 Å². The van der Waals surface area contributed by atoms with Crippen molar-refractivity contribution in [2.24, 2.45) is 0 Å². The Bertz CT molecular complexity index is 792. The minimum Gasteiger partial charge on any atom is -0.326 e. The van der Waals surface area contributed by atoms with E-state index in [0.29, 0.717) is 16.9 Å². The highest BCUT2D eigenvalue weighted by Gasteiger charge is 2.30. The number of rotatable bonds is 2. The SMILES string of the molecule is N#Cc1ccccc1NC(=O)C1CC(=O)Nc2ccccc21. The Hall–Kier alpha value is -3.13. The highest BCUT2D eigenvalue weighted by atomic mass is 16.2. The van der Waals surface area contributed by atoms with Crippen LogP contribution in [0.25, 0.3) is 0 Å². The van der Waals surface area contributed by atoms with Crippen molar-refractivity contribution in [3.63, 3.8) is 0 Å². The minimum atomic E-state index is -0.559.